The second-order valence-corrected chi connectivity index (χ2v) is 3.96. The zero-order chi connectivity index (χ0) is 13.7. The van der Waals surface area contributed by atoms with E-state index >= 15 is 0 Å². The number of carbonyl (C=O) groups is 2. The molecule has 0 aliphatic carbocycles. The first kappa shape index (κ1) is 13.7. The number of carboxylic acids is 1. The maximum Gasteiger partial charge on any atom is 0.326 e. The highest BCUT2D eigenvalue weighted by atomic mass is 16.4. The van der Waals surface area contributed by atoms with Crippen molar-refractivity contribution in [2.45, 2.75) is 19.9 Å². The third-order valence-electron chi connectivity index (χ3n) is 2.14. The number of amides is 2. The van der Waals surface area contributed by atoms with Gasteiger partial charge in [0, 0.05) is 6.07 Å². The Labute approximate surface area is 102 Å². The van der Waals surface area contributed by atoms with Crippen molar-refractivity contribution in [1.82, 2.24) is 15.5 Å². The molecule has 1 aromatic heterocycles. The molecule has 1 atom stereocenters. The predicted molar refractivity (Wildman–Crippen MR) is 63.3 cm³/mol. The molecule has 0 aromatic carbocycles. The summed E-state index contributed by atoms with van der Waals surface area (Å²) in [6.45, 7) is 3.36. The van der Waals surface area contributed by atoms with Crippen LogP contribution in [0.5, 0.6) is 0 Å². The van der Waals surface area contributed by atoms with Gasteiger partial charge in [-0.05, 0) is 12.0 Å². The van der Waals surface area contributed by atoms with E-state index < -0.39 is 23.6 Å². The van der Waals surface area contributed by atoms with Crippen LogP contribution in [-0.4, -0.2) is 33.3 Å². The molecule has 1 unspecified atom stereocenters. The van der Waals surface area contributed by atoms with Crippen molar-refractivity contribution in [3.63, 3.8) is 0 Å². The van der Waals surface area contributed by atoms with E-state index in [1.165, 1.54) is 12.1 Å². The van der Waals surface area contributed by atoms with Crippen molar-refractivity contribution in [3.05, 3.63) is 22.5 Å². The number of H-pyrrole nitrogens is 1. The molecule has 0 radical (unpaired) electrons. The highest BCUT2D eigenvalue weighted by Crippen LogP contribution is 2.02. The Morgan fingerprint density at radius 2 is 2.06 bits per heavy atom. The number of urea groups is 1. The Morgan fingerprint density at radius 3 is 2.50 bits per heavy atom. The van der Waals surface area contributed by atoms with E-state index in [1.807, 2.05) is 0 Å². The summed E-state index contributed by atoms with van der Waals surface area (Å²) in [5.41, 5.74) is -0.397. The summed E-state index contributed by atoms with van der Waals surface area (Å²) in [5, 5.41) is 19.2. The van der Waals surface area contributed by atoms with Gasteiger partial charge in [0.05, 0.1) is 0 Å². The number of anilines is 1. The number of carboxylic acid groups (broad SMARTS) is 1. The Kier molecular flexibility index (Phi) is 4.41. The molecule has 8 heteroatoms. The van der Waals surface area contributed by atoms with Crippen LogP contribution in [0.25, 0.3) is 0 Å². The zero-order valence-corrected chi connectivity index (χ0v) is 9.93. The van der Waals surface area contributed by atoms with Gasteiger partial charge in [-0.2, -0.15) is 5.10 Å². The lowest BCUT2D eigenvalue weighted by Crippen LogP contribution is -2.46. The molecule has 0 spiro atoms. The highest BCUT2D eigenvalue weighted by molar-refractivity contribution is 5.91. The fourth-order valence-electron chi connectivity index (χ4n) is 1.22. The van der Waals surface area contributed by atoms with E-state index in [2.05, 4.69) is 20.8 Å². The monoisotopic (exact) mass is 254 g/mol. The van der Waals surface area contributed by atoms with E-state index in [0.717, 1.165) is 0 Å². The van der Waals surface area contributed by atoms with Gasteiger partial charge < -0.3 is 10.4 Å². The molecule has 2 amide bonds. The Morgan fingerprint density at radius 1 is 1.39 bits per heavy atom. The molecular weight excluding hydrogens is 240 g/mol. The van der Waals surface area contributed by atoms with E-state index in [0.29, 0.717) is 0 Å². The number of rotatable bonds is 4. The molecular formula is C10H14N4O4. The number of hydrogen-bond donors (Lipinski definition) is 4. The molecule has 1 heterocycles. The number of aromatic amines is 1. The van der Waals surface area contributed by atoms with Gasteiger partial charge >= 0.3 is 12.0 Å². The SMILES string of the molecule is CC(C)C(NC(=O)Nc1ccc(=O)[nH]n1)C(=O)O. The maximum absolute atomic E-state index is 11.5. The standard InChI is InChI=1S/C10H14N4O4/c1-5(2)8(9(16)17)12-10(18)11-6-3-4-7(15)14-13-6/h3-5,8H,1-2H3,(H,14,15)(H,16,17)(H2,11,12,13,18). The molecule has 0 fully saturated rings. The smallest absolute Gasteiger partial charge is 0.326 e. The largest absolute Gasteiger partial charge is 0.480 e. The lowest BCUT2D eigenvalue weighted by atomic mass is 10.1. The molecule has 98 valence electrons. The molecule has 0 bridgehead atoms. The van der Waals surface area contributed by atoms with Crippen LogP contribution in [0.3, 0.4) is 0 Å². The average Bonchev–Trinajstić information content (AvgIpc) is 2.28. The first-order chi connectivity index (χ1) is 8.40. The zero-order valence-electron chi connectivity index (χ0n) is 9.93. The fourth-order valence-corrected chi connectivity index (χ4v) is 1.22. The van der Waals surface area contributed by atoms with E-state index in [1.54, 1.807) is 13.8 Å². The lowest BCUT2D eigenvalue weighted by molar-refractivity contribution is -0.140. The number of aromatic nitrogens is 2. The maximum atomic E-state index is 11.5. The van der Waals surface area contributed by atoms with Crippen LogP contribution < -0.4 is 16.2 Å². The minimum Gasteiger partial charge on any atom is -0.480 e. The quantitative estimate of drug-likeness (QED) is 0.602. The minimum absolute atomic E-state index is 0.125. The van der Waals surface area contributed by atoms with Crippen LogP contribution >= 0.6 is 0 Å². The number of nitrogens with one attached hydrogen (secondary N) is 3. The number of aliphatic carboxylic acids is 1. The summed E-state index contributed by atoms with van der Waals surface area (Å²) in [6.07, 6.45) is 0. The summed E-state index contributed by atoms with van der Waals surface area (Å²) in [5.74, 6) is -1.24. The van der Waals surface area contributed by atoms with Gasteiger partial charge in [0.2, 0.25) is 0 Å². The number of hydrogen-bond acceptors (Lipinski definition) is 4. The summed E-state index contributed by atoms with van der Waals surface area (Å²) in [4.78, 5) is 33.1. The van der Waals surface area contributed by atoms with Crippen LogP contribution in [0.2, 0.25) is 0 Å². The van der Waals surface area contributed by atoms with Crippen LogP contribution in [0.15, 0.2) is 16.9 Å². The van der Waals surface area contributed by atoms with Gasteiger partial charge in [-0.3, -0.25) is 10.1 Å². The van der Waals surface area contributed by atoms with Gasteiger partial charge in [-0.1, -0.05) is 13.8 Å². The first-order valence-electron chi connectivity index (χ1n) is 5.26. The second kappa shape index (κ2) is 5.80. The van der Waals surface area contributed by atoms with Crippen LogP contribution in [0.1, 0.15) is 13.8 Å². The van der Waals surface area contributed by atoms with Gasteiger partial charge in [-0.15, -0.1) is 0 Å². The highest BCUT2D eigenvalue weighted by Gasteiger charge is 2.23. The van der Waals surface area contributed by atoms with Crippen LogP contribution in [0, 0.1) is 5.92 Å². The summed E-state index contributed by atoms with van der Waals surface area (Å²) >= 11 is 0. The summed E-state index contributed by atoms with van der Waals surface area (Å²) < 4.78 is 0. The van der Waals surface area contributed by atoms with Gasteiger partial charge in [0.1, 0.15) is 6.04 Å². The van der Waals surface area contributed by atoms with Crippen LogP contribution in [0.4, 0.5) is 10.6 Å². The molecule has 18 heavy (non-hydrogen) atoms. The molecule has 0 aliphatic rings. The average molecular weight is 254 g/mol. The van der Waals surface area contributed by atoms with E-state index in [4.69, 9.17) is 5.11 Å². The molecule has 8 nitrogen and oxygen atoms in total. The van der Waals surface area contributed by atoms with Crippen molar-refractivity contribution in [1.29, 1.82) is 0 Å². The Balaban J connectivity index is 2.63. The minimum atomic E-state index is -1.12. The fraction of sp³-hybridized carbons (Fsp3) is 0.400. The molecule has 0 aliphatic heterocycles. The van der Waals surface area contributed by atoms with E-state index in [9.17, 15) is 14.4 Å². The van der Waals surface area contributed by atoms with Crippen molar-refractivity contribution in [2.24, 2.45) is 5.92 Å². The van der Waals surface area contributed by atoms with Gasteiger partial charge in [0.25, 0.3) is 5.56 Å². The topological polar surface area (TPSA) is 124 Å². The molecule has 0 saturated carbocycles. The third-order valence-corrected chi connectivity index (χ3v) is 2.14. The van der Waals surface area contributed by atoms with Crippen molar-refractivity contribution in [2.75, 3.05) is 5.32 Å². The Hall–Kier alpha value is -2.38. The summed E-state index contributed by atoms with van der Waals surface area (Å²) in [7, 11) is 0. The van der Waals surface area contributed by atoms with E-state index in [-0.39, 0.29) is 11.7 Å². The van der Waals surface area contributed by atoms with Crippen molar-refractivity contribution in [3.8, 4) is 0 Å². The first-order valence-corrected chi connectivity index (χ1v) is 5.26. The Bertz CT molecular complexity index is 476. The molecule has 1 aromatic rings. The van der Waals surface area contributed by atoms with Crippen molar-refractivity contribution < 1.29 is 14.7 Å². The number of carbonyl (C=O) groups excluding carboxylic acids is 1. The molecule has 0 saturated heterocycles. The normalized spacial score (nSPS) is 11.9. The number of nitrogens with zero attached hydrogens (tertiary/aromatic N) is 1. The third kappa shape index (κ3) is 3.89. The van der Waals surface area contributed by atoms with Gasteiger partial charge in [0.15, 0.2) is 5.82 Å². The predicted octanol–water partition coefficient (Wildman–Crippen LogP) is 0.000600. The summed E-state index contributed by atoms with van der Waals surface area (Å²) in [6, 6.07) is 0.812. The second-order valence-electron chi connectivity index (χ2n) is 3.96. The van der Waals surface area contributed by atoms with Gasteiger partial charge in [-0.25, -0.2) is 14.7 Å². The molecule has 4 N–H and O–H groups in total. The molecule has 1 rings (SSSR count). The van der Waals surface area contributed by atoms with Crippen molar-refractivity contribution >= 4 is 17.8 Å². The lowest BCUT2D eigenvalue weighted by Gasteiger charge is -2.17. The van der Waals surface area contributed by atoms with Crippen LogP contribution in [-0.2, 0) is 4.79 Å².